The van der Waals surface area contributed by atoms with Gasteiger partial charge in [-0.3, -0.25) is 4.90 Å². The van der Waals surface area contributed by atoms with Crippen LogP contribution in [0.4, 0.5) is 0 Å². The number of rotatable bonds is 6. The maximum atomic E-state index is 5.40. The summed E-state index contributed by atoms with van der Waals surface area (Å²) in [5.41, 5.74) is 2.41. The molecule has 1 aromatic heterocycles. The number of imidazole rings is 1. The SMILES string of the molecule is CCCn1c(CCCN2CCOCC2)nc2ccccc21. The molecule has 114 valence electrons. The van der Waals surface area contributed by atoms with Crippen molar-refractivity contribution < 1.29 is 4.74 Å². The summed E-state index contributed by atoms with van der Waals surface area (Å²) in [4.78, 5) is 7.33. The van der Waals surface area contributed by atoms with Gasteiger partial charge in [0.05, 0.1) is 24.2 Å². The molecule has 1 saturated heterocycles. The highest BCUT2D eigenvalue weighted by molar-refractivity contribution is 5.75. The summed E-state index contributed by atoms with van der Waals surface area (Å²) in [6, 6.07) is 8.48. The fourth-order valence-corrected chi connectivity index (χ4v) is 3.07. The predicted molar refractivity (Wildman–Crippen MR) is 85.6 cm³/mol. The number of nitrogens with zero attached hydrogens (tertiary/aromatic N) is 3. The predicted octanol–water partition coefficient (Wildman–Crippen LogP) is 2.71. The molecule has 0 unspecified atom stereocenters. The molecule has 4 heteroatoms. The van der Waals surface area contributed by atoms with Gasteiger partial charge in [-0.1, -0.05) is 19.1 Å². The van der Waals surface area contributed by atoms with E-state index < -0.39 is 0 Å². The second kappa shape index (κ2) is 7.05. The second-order valence-electron chi connectivity index (χ2n) is 5.73. The maximum Gasteiger partial charge on any atom is 0.109 e. The lowest BCUT2D eigenvalue weighted by Gasteiger charge is -2.26. The molecule has 0 aliphatic carbocycles. The molecule has 2 heterocycles. The summed E-state index contributed by atoms with van der Waals surface area (Å²) in [5, 5.41) is 0. The quantitative estimate of drug-likeness (QED) is 0.818. The van der Waals surface area contributed by atoms with Crippen molar-refractivity contribution in [3.8, 4) is 0 Å². The van der Waals surface area contributed by atoms with Crippen LogP contribution in [0.1, 0.15) is 25.6 Å². The molecule has 1 aliphatic rings. The van der Waals surface area contributed by atoms with Crippen molar-refractivity contribution in [2.75, 3.05) is 32.8 Å². The molecule has 0 atom stereocenters. The molecule has 0 bridgehead atoms. The van der Waals surface area contributed by atoms with E-state index in [0.717, 1.165) is 57.8 Å². The first-order chi connectivity index (χ1) is 10.4. The Morgan fingerprint density at radius 2 is 1.95 bits per heavy atom. The first-order valence-corrected chi connectivity index (χ1v) is 8.12. The van der Waals surface area contributed by atoms with Crippen LogP contribution in [0.2, 0.25) is 0 Å². The van der Waals surface area contributed by atoms with Gasteiger partial charge in [-0.25, -0.2) is 4.98 Å². The zero-order valence-corrected chi connectivity index (χ0v) is 12.9. The Bertz CT molecular complexity index is 572. The van der Waals surface area contributed by atoms with Gasteiger partial charge >= 0.3 is 0 Å². The fourth-order valence-electron chi connectivity index (χ4n) is 3.07. The Hall–Kier alpha value is -1.39. The number of fused-ring (bicyclic) bond motifs is 1. The van der Waals surface area contributed by atoms with Gasteiger partial charge in [-0.05, 0) is 31.5 Å². The normalized spacial score (nSPS) is 16.6. The highest BCUT2D eigenvalue weighted by Crippen LogP contribution is 2.17. The molecule has 1 aliphatic heterocycles. The zero-order chi connectivity index (χ0) is 14.5. The number of aryl methyl sites for hydroxylation is 2. The van der Waals surface area contributed by atoms with Crippen LogP contribution in [0, 0.1) is 0 Å². The largest absolute Gasteiger partial charge is 0.379 e. The third-order valence-electron chi connectivity index (χ3n) is 4.16. The number of para-hydroxylation sites is 2. The number of morpholine rings is 1. The second-order valence-corrected chi connectivity index (χ2v) is 5.73. The molecule has 0 radical (unpaired) electrons. The Morgan fingerprint density at radius 3 is 2.76 bits per heavy atom. The molecule has 4 nitrogen and oxygen atoms in total. The Kier molecular flexibility index (Phi) is 4.88. The average Bonchev–Trinajstić information content (AvgIpc) is 2.87. The van der Waals surface area contributed by atoms with Gasteiger partial charge in [-0.15, -0.1) is 0 Å². The minimum Gasteiger partial charge on any atom is -0.379 e. The van der Waals surface area contributed by atoms with E-state index in [2.05, 4.69) is 40.7 Å². The van der Waals surface area contributed by atoms with Crippen LogP contribution in [0.15, 0.2) is 24.3 Å². The fraction of sp³-hybridized carbons (Fsp3) is 0.588. The number of benzene rings is 1. The Balaban J connectivity index is 1.66. The number of aromatic nitrogens is 2. The molecule has 1 fully saturated rings. The smallest absolute Gasteiger partial charge is 0.109 e. The molecule has 0 N–H and O–H groups in total. The van der Waals surface area contributed by atoms with E-state index in [4.69, 9.17) is 9.72 Å². The van der Waals surface area contributed by atoms with Crippen LogP contribution in [0.5, 0.6) is 0 Å². The van der Waals surface area contributed by atoms with Gasteiger partial charge in [0.1, 0.15) is 5.82 Å². The molecule has 1 aromatic carbocycles. The van der Waals surface area contributed by atoms with Crippen LogP contribution in [-0.4, -0.2) is 47.3 Å². The van der Waals surface area contributed by atoms with Crippen LogP contribution < -0.4 is 0 Å². The third-order valence-corrected chi connectivity index (χ3v) is 4.16. The molecule has 21 heavy (non-hydrogen) atoms. The lowest BCUT2D eigenvalue weighted by molar-refractivity contribution is 0.0374. The van der Waals surface area contributed by atoms with Crippen molar-refractivity contribution in [1.29, 1.82) is 0 Å². The van der Waals surface area contributed by atoms with Crippen molar-refractivity contribution >= 4 is 11.0 Å². The van der Waals surface area contributed by atoms with Crippen LogP contribution >= 0.6 is 0 Å². The molecule has 3 rings (SSSR count). The summed E-state index contributed by atoms with van der Waals surface area (Å²) in [6.45, 7) is 8.36. The lowest BCUT2D eigenvalue weighted by atomic mass is 10.2. The summed E-state index contributed by atoms with van der Waals surface area (Å²) < 4.78 is 7.79. The lowest BCUT2D eigenvalue weighted by Crippen LogP contribution is -2.37. The van der Waals surface area contributed by atoms with Gasteiger partial charge in [0.15, 0.2) is 0 Å². The van der Waals surface area contributed by atoms with Gasteiger partial charge in [0.2, 0.25) is 0 Å². The first-order valence-electron chi connectivity index (χ1n) is 8.12. The monoisotopic (exact) mass is 287 g/mol. The van der Waals surface area contributed by atoms with Crippen molar-refractivity contribution in [2.24, 2.45) is 0 Å². The highest BCUT2D eigenvalue weighted by atomic mass is 16.5. The number of ether oxygens (including phenoxy) is 1. The molecule has 0 spiro atoms. The molecule has 0 saturated carbocycles. The van der Waals surface area contributed by atoms with Crippen molar-refractivity contribution in [3.63, 3.8) is 0 Å². The van der Waals surface area contributed by atoms with E-state index in [1.807, 2.05) is 0 Å². The molecular formula is C17H25N3O. The minimum absolute atomic E-state index is 0.883. The van der Waals surface area contributed by atoms with Gasteiger partial charge in [0.25, 0.3) is 0 Å². The third kappa shape index (κ3) is 3.44. The van der Waals surface area contributed by atoms with Gasteiger partial charge in [0, 0.05) is 26.1 Å². The summed E-state index contributed by atoms with van der Waals surface area (Å²) in [6.07, 6.45) is 3.38. The van der Waals surface area contributed by atoms with E-state index in [1.165, 1.54) is 17.8 Å². The van der Waals surface area contributed by atoms with Crippen molar-refractivity contribution in [2.45, 2.75) is 32.7 Å². The maximum absolute atomic E-state index is 5.40. The van der Waals surface area contributed by atoms with Gasteiger partial charge < -0.3 is 9.30 Å². The Morgan fingerprint density at radius 1 is 1.14 bits per heavy atom. The Labute approximate surface area is 126 Å². The van der Waals surface area contributed by atoms with Crippen LogP contribution in [0.3, 0.4) is 0 Å². The van der Waals surface area contributed by atoms with Crippen LogP contribution in [-0.2, 0) is 17.7 Å². The zero-order valence-electron chi connectivity index (χ0n) is 12.9. The molecule has 2 aromatic rings. The topological polar surface area (TPSA) is 30.3 Å². The van der Waals surface area contributed by atoms with E-state index in [9.17, 15) is 0 Å². The standard InChI is InChI=1S/C17H25N3O/c1-2-9-20-16-7-4-3-6-15(16)18-17(20)8-5-10-19-11-13-21-14-12-19/h3-4,6-7H,2,5,8-14H2,1H3. The number of hydrogen-bond donors (Lipinski definition) is 0. The van der Waals surface area contributed by atoms with E-state index >= 15 is 0 Å². The van der Waals surface area contributed by atoms with E-state index in [1.54, 1.807) is 0 Å². The minimum atomic E-state index is 0.883. The molecule has 0 amide bonds. The van der Waals surface area contributed by atoms with Crippen molar-refractivity contribution in [1.82, 2.24) is 14.5 Å². The summed E-state index contributed by atoms with van der Waals surface area (Å²) in [5.74, 6) is 1.24. The first kappa shape index (κ1) is 14.5. The van der Waals surface area contributed by atoms with Crippen molar-refractivity contribution in [3.05, 3.63) is 30.1 Å². The number of hydrogen-bond acceptors (Lipinski definition) is 3. The van der Waals surface area contributed by atoms with E-state index in [0.29, 0.717) is 0 Å². The molecular weight excluding hydrogens is 262 g/mol. The highest BCUT2D eigenvalue weighted by Gasteiger charge is 2.12. The van der Waals surface area contributed by atoms with Crippen LogP contribution in [0.25, 0.3) is 11.0 Å². The van der Waals surface area contributed by atoms with Gasteiger partial charge in [-0.2, -0.15) is 0 Å². The summed E-state index contributed by atoms with van der Waals surface area (Å²) >= 11 is 0. The summed E-state index contributed by atoms with van der Waals surface area (Å²) in [7, 11) is 0. The van der Waals surface area contributed by atoms with E-state index in [-0.39, 0.29) is 0 Å². The average molecular weight is 287 g/mol.